The highest BCUT2D eigenvalue weighted by Crippen LogP contribution is 2.29. The first-order valence-electron chi connectivity index (χ1n) is 8.35. The van der Waals surface area contributed by atoms with Crippen molar-refractivity contribution in [3.63, 3.8) is 0 Å². The third-order valence-corrected chi connectivity index (χ3v) is 4.56. The van der Waals surface area contributed by atoms with E-state index in [9.17, 15) is 5.11 Å². The van der Waals surface area contributed by atoms with Gasteiger partial charge in [-0.1, -0.05) is 36.4 Å². The van der Waals surface area contributed by atoms with Gasteiger partial charge in [0.15, 0.2) is 0 Å². The van der Waals surface area contributed by atoms with Gasteiger partial charge in [-0.15, -0.1) is 0 Å². The Balaban J connectivity index is 1.60. The molecule has 0 radical (unpaired) electrons. The lowest BCUT2D eigenvalue weighted by atomic mass is 9.88. The zero-order chi connectivity index (χ0) is 17.0. The Morgan fingerprint density at radius 2 is 1.96 bits per heavy atom. The molecule has 0 saturated carbocycles. The number of hydrogen-bond acceptors (Lipinski definition) is 4. The van der Waals surface area contributed by atoms with Gasteiger partial charge in [-0.3, -0.25) is 0 Å². The lowest BCUT2D eigenvalue weighted by Gasteiger charge is -2.35. The largest absolute Gasteiger partial charge is 0.497 e. The van der Waals surface area contributed by atoms with Crippen molar-refractivity contribution in [2.75, 3.05) is 20.3 Å². The Morgan fingerprint density at radius 1 is 1.21 bits per heavy atom. The van der Waals surface area contributed by atoms with E-state index in [0.717, 1.165) is 23.3 Å². The van der Waals surface area contributed by atoms with Gasteiger partial charge in [0.25, 0.3) is 0 Å². The van der Waals surface area contributed by atoms with E-state index in [1.54, 1.807) is 7.11 Å². The number of nitrogens with one attached hydrogen (secondary N) is 1. The monoisotopic (exact) mass is 327 g/mol. The standard InChI is InChI=1S/C20H25NO3/c1-15(11-16-7-9-18(23-2)10-8-16)21-13-20(22)14-24-12-17-5-3-4-6-19(17)20/h3-10,15,21-22H,11-14H2,1-2H3. The maximum absolute atomic E-state index is 11.0. The summed E-state index contributed by atoms with van der Waals surface area (Å²) in [6, 6.07) is 16.3. The van der Waals surface area contributed by atoms with Crippen molar-refractivity contribution >= 4 is 0 Å². The second-order valence-electron chi connectivity index (χ2n) is 6.52. The molecule has 1 aliphatic rings. The predicted molar refractivity (Wildman–Crippen MR) is 94.2 cm³/mol. The molecule has 2 aromatic rings. The van der Waals surface area contributed by atoms with Crippen molar-refractivity contribution in [3.05, 3.63) is 65.2 Å². The van der Waals surface area contributed by atoms with Gasteiger partial charge in [-0.2, -0.15) is 0 Å². The molecular weight excluding hydrogens is 302 g/mol. The molecule has 1 heterocycles. The number of rotatable bonds is 6. The third kappa shape index (κ3) is 3.78. The molecule has 2 unspecified atom stereocenters. The topological polar surface area (TPSA) is 50.7 Å². The van der Waals surface area contributed by atoms with E-state index in [4.69, 9.17) is 9.47 Å². The predicted octanol–water partition coefficient (Wildman–Crippen LogP) is 2.63. The van der Waals surface area contributed by atoms with Gasteiger partial charge in [-0.05, 0) is 42.2 Å². The molecule has 3 rings (SSSR count). The van der Waals surface area contributed by atoms with E-state index in [-0.39, 0.29) is 6.04 Å². The lowest BCUT2D eigenvalue weighted by Crippen LogP contribution is -2.47. The van der Waals surface area contributed by atoms with Crippen LogP contribution in [0.25, 0.3) is 0 Å². The quantitative estimate of drug-likeness (QED) is 0.856. The lowest BCUT2D eigenvalue weighted by molar-refractivity contribution is -0.0722. The number of fused-ring (bicyclic) bond motifs is 1. The summed E-state index contributed by atoms with van der Waals surface area (Å²) in [5, 5.41) is 14.5. The molecule has 4 nitrogen and oxygen atoms in total. The van der Waals surface area contributed by atoms with Gasteiger partial charge in [0.05, 0.1) is 20.3 Å². The molecule has 0 bridgehead atoms. The maximum Gasteiger partial charge on any atom is 0.126 e. The molecule has 24 heavy (non-hydrogen) atoms. The minimum Gasteiger partial charge on any atom is -0.497 e. The average Bonchev–Trinajstić information content (AvgIpc) is 2.61. The molecule has 1 aliphatic heterocycles. The summed E-state index contributed by atoms with van der Waals surface area (Å²) in [4.78, 5) is 0. The Bertz CT molecular complexity index is 671. The SMILES string of the molecule is COc1ccc(CC(C)NCC2(O)COCc3ccccc32)cc1. The molecule has 0 spiro atoms. The van der Waals surface area contributed by atoms with Crippen LogP contribution in [0.1, 0.15) is 23.6 Å². The number of methoxy groups -OCH3 is 1. The second kappa shape index (κ2) is 7.34. The molecule has 0 amide bonds. The van der Waals surface area contributed by atoms with Crippen LogP contribution < -0.4 is 10.1 Å². The first kappa shape index (κ1) is 17.0. The first-order chi connectivity index (χ1) is 11.6. The van der Waals surface area contributed by atoms with E-state index < -0.39 is 5.60 Å². The second-order valence-corrected chi connectivity index (χ2v) is 6.52. The molecule has 0 aromatic heterocycles. The number of ether oxygens (including phenoxy) is 2. The van der Waals surface area contributed by atoms with Crippen LogP contribution in [-0.2, 0) is 23.4 Å². The van der Waals surface area contributed by atoms with Crippen molar-refractivity contribution in [3.8, 4) is 5.75 Å². The van der Waals surface area contributed by atoms with E-state index >= 15 is 0 Å². The smallest absolute Gasteiger partial charge is 0.126 e. The zero-order valence-electron chi connectivity index (χ0n) is 14.3. The molecule has 0 saturated heterocycles. The Hall–Kier alpha value is -1.88. The fourth-order valence-electron chi connectivity index (χ4n) is 3.18. The molecule has 2 N–H and O–H groups in total. The fourth-order valence-corrected chi connectivity index (χ4v) is 3.18. The molecular formula is C20H25NO3. The summed E-state index contributed by atoms with van der Waals surface area (Å²) in [5.74, 6) is 0.865. The number of hydrogen-bond donors (Lipinski definition) is 2. The summed E-state index contributed by atoms with van der Waals surface area (Å²) in [6.45, 7) is 3.50. The molecule has 4 heteroatoms. The van der Waals surface area contributed by atoms with Gasteiger partial charge in [-0.25, -0.2) is 0 Å². The van der Waals surface area contributed by atoms with Gasteiger partial charge < -0.3 is 19.9 Å². The summed E-state index contributed by atoms with van der Waals surface area (Å²) >= 11 is 0. The van der Waals surface area contributed by atoms with Crippen molar-refractivity contribution in [2.45, 2.75) is 31.6 Å². The van der Waals surface area contributed by atoms with Crippen LogP contribution in [0.5, 0.6) is 5.75 Å². The van der Waals surface area contributed by atoms with Gasteiger partial charge >= 0.3 is 0 Å². The highest BCUT2D eigenvalue weighted by atomic mass is 16.5. The van der Waals surface area contributed by atoms with Crippen LogP contribution in [-0.4, -0.2) is 31.4 Å². The summed E-state index contributed by atoms with van der Waals surface area (Å²) < 4.78 is 10.8. The third-order valence-electron chi connectivity index (χ3n) is 4.56. The zero-order valence-corrected chi connectivity index (χ0v) is 14.3. The number of aliphatic hydroxyl groups is 1. The highest BCUT2D eigenvalue weighted by Gasteiger charge is 2.35. The Labute approximate surface area is 143 Å². The Kier molecular flexibility index (Phi) is 5.19. The summed E-state index contributed by atoms with van der Waals surface area (Å²) in [6.07, 6.45) is 0.891. The normalized spacial score (nSPS) is 21.1. The fraction of sp³-hybridized carbons (Fsp3) is 0.400. The van der Waals surface area contributed by atoms with Crippen molar-refractivity contribution in [1.29, 1.82) is 0 Å². The minimum atomic E-state index is -0.969. The van der Waals surface area contributed by atoms with Crippen molar-refractivity contribution in [1.82, 2.24) is 5.32 Å². The van der Waals surface area contributed by atoms with Crippen LogP contribution in [0.2, 0.25) is 0 Å². The van der Waals surface area contributed by atoms with Gasteiger partial charge in [0, 0.05) is 12.6 Å². The van der Waals surface area contributed by atoms with Crippen molar-refractivity contribution < 1.29 is 14.6 Å². The van der Waals surface area contributed by atoms with E-state index in [0.29, 0.717) is 19.8 Å². The van der Waals surface area contributed by atoms with Crippen LogP contribution in [0, 0.1) is 0 Å². The van der Waals surface area contributed by atoms with Crippen LogP contribution >= 0.6 is 0 Å². The molecule has 128 valence electrons. The van der Waals surface area contributed by atoms with Gasteiger partial charge in [0.2, 0.25) is 0 Å². The van der Waals surface area contributed by atoms with Crippen LogP contribution in [0.3, 0.4) is 0 Å². The average molecular weight is 327 g/mol. The Morgan fingerprint density at radius 3 is 2.71 bits per heavy atom. The minimum absolute atomic E-state index is 0.247. The van der Waals surface area contributed by atoms with Gasteiger partial charge in [0.1, 0.15) is 11.4 Å². The van der Waals surface area contributed by atoms with Crippen LogP contribution in [0.15, 0.2) is 48.5 Å². The highest BCUT2D eigenvalue weighted by molar-refractivity contribution is 5.34. The maximum atomic E-state index is 11.0. The summed E-state index contributed by atoms with van der Waals surface area (Å²) in [5.41, 5.74) is 2.31. The van der Waals surface area contributed by atoms with E-state index in [1.807, 2.05) is 36.4 Å². The first-order valence-corrected chi connectivity index (χ1v) is 8.35. The van der Waals surface area contributed by atoms with E-state index in [1.165, 1.54) is 5.56 Å². The van der Waals surface area contributed by atoms with Crippen LogP contribution in [0.4, 0.5) is 0 Å². The molecule has 2 atom stereocenters. The summed E-state index contributed by atoms with van der Waals surface area (Å²) in [7, 11) is 1.67. The van der Waals surface area contributed by atoms with E-state index in [2.05, 4.69) is 24.4 Å². The number of benzene rings is 2. The van der Waals surface area contributed by atoms with Crippen molar-refractivity contribution in [2.24, 2.45) is 0 Å². The molecule has 2 aromatic carbocycles. The molecule has 0 fully saturated rings. The molecule has 0 aliphatic carbocycles.